The molecule has 5 aliphatic carbocycles. The highest BCUT2D eigenvalue weighted by atomic mass is 16.5. The molecule has 0 bridgehead atoms. The van der Waals surface area contributed by atoms with E-state index in [1.165, 1.54) is 24.8 Å². The molecule has 1 N–H and O–H groups in total. The number of carbonyl (C=O) groups is 2. The van der Waals surface area contributed by atoms with Gasteiger partial charge >= 0.3 is 5.97 Å². The van der Waals surface area contributed by atoms with E-state index in [-0.39, 0.29) is 51.7 Å². The average Bonchev–Trinajstić information content (AvgIpc) is 3.09. The number of ether oxygens (including phenoxy) is 1. The van der Waals surface area contributed by atoms with Crippen LogP contribution in [0.5, 0.6) is 0 Å². The third kappa shape index (κ3) is 3.21. The van der Waals surface area contributed by atoms with Gasteiger partial charge in [0.2, 0.25) is 0 Å². The fourth-order valence-corrected chi connectivity index (χ4v) is 11.3. The molecule has 8 atom stereocenters. The average molecular weight is 499 g/mol. The zero-order valence-electron chi connectivity index (χ0n) is 24.1. The Kier molecular flexibility index (Phi) is 6.00. The molecule has 0 aromatic heterocycles. The van der Waals surface area contributed by atoms with Gasteiger partial charge in [-0.2, -0.15) is 0 Å². The fourth-order valence-electron chi connectivity index (χ4n) is 11.3. The summed E-state index contributed by atoms with van der Waals surface area (Å²) in [6.07, 6.45) is 9.36. The van der Waals surface area contributed by atoms with Crippen molar-refractivity contribution in [3.05, 3.63) is 11.1 Å². The largest absolute Gasteiger partial charge is 0.462 e. The van der Waals surface area contributed by atoms with Crippen LogP contribution in [0.25, 0.3) is 0 Å². The maximum atomic E-state index is 13.3. The molecule has 4 saturated carbocycles. The van der Waals surface area contributed by atoms with Crippen molar-refractivity contribution < 1.29 is 19.4 Å². The molecule has 0 radical (unpaired) electrons. The minimum atomic E-state index is -0.310. The summed E-state index contributed by atoms with van der Waals surface area (Å²) >= 11 is 0. The number of rotatable bonds is 3. The molecule has 36 heavy (non-hydrogen) atoms. The van der Waals surface area contributed by atoms with Crippen molar-refractivity contribution in [1.29, 1.82) is 0 Å². The van der Waals surface area contributed by atoms with E-state index in [0.29, 0.717) is 30.0 Å². The smallest absolute Gasteiger partial charge is 0.302 e. The normalized spacial score (nSPS) is 47.7. The number of hydrogen-bond donors (Lipinski definition) is 1. The Labute approximate surface area is 219 Å². The van der Waals surface area contributed by atoms with Crippen LogP contribution in [-0.2, 0) is 14.3 Å². The van der Waals surface area contributed by atoms with E-state index in [1.54, 1.807) is 6.92 Å². The van der Waals surface area contributed by atoms with Crippen molar-refractivity contribution in [2.45, 2.75) is 119 Å². The maximum Gasteiger partial charge on any atom is 0.302 e. The molecule has 0 saturated heterocycles. The number of ketones is 1. The second-order valence-electron chi connectivity index (χ2n) is 15.1. The second-order valence-corrected chi connectivity index (χ2v) is 15.1. The monoisotopic (exact) mass is 498 g/mol. The molecule has 4 fully saturated rings. The molecule has 0 aliphatic heterocycles. The summed E-state index contributed by atoms with van der Waals surface area (Å²) in [6, 6.07) is 0. The Bertz CT molecular complexity index is 992. The molecular weight excluding hydrogens is 448 g/mol. The Morgan fingerprint density at radius 3 is 2.25 bits per heavy atom. The summed E-state index contributed by atoms with van der Waals surface area (Å²) in [7, 11) is 0. The lowest BCUT2D eigenvalue weighted by Crippen LogP contribution is -2.65. The summed E-state index contributed by atoms with van der Waals surface area (Å²) in [5.74, 6) is 1.94. The van der Waals surface area contributed by atoms with Gasteiger partial charge in [-0.1, -0.05) is 54.0 Å². The van der Waals surface area contributed by atoms with Gasteiger partial charge in [-0.05, 0) is 96.9 Å². The number of hydrogen-bond acceptors (Lipinski definition) is 4. The van der Waals surface area contributed by atoms with Crippen LogP contribution < -0.4 is 0 Å². The van der Waals surface area contributed by atoms with Crippen LogP contribution in [-0.4, -0.2) is 29.6 Å². The van der Waals surface area contributed by atoms with Gasteiger partial charge in [0.1, 0.15) is 6.10 Å². The predicted octanol–water partition coefficient (Wildman–Crippen LogP) is 6.89. The quantitative estimate of drug-likeness (QED) is 0.430. The second kappa shape index (κ2) is 8.17. The highest BCUT2D eigenvalue weighted by Gasteiger charge is 2.70. The van der Waals surface area contributed by atoms with E-state index in [0.717, 1.165) is 37.7 Å². The summed E-state index contributed by atoms with van der Waals surface area (Å²) in [5, 5.41) is 10.7. The van der Waals surface area contributed by atoms with Gasteiger partial charge in [0.05, 0.1) is 6.61 Å². The first kappa shape index (κ1) is 26.4. The topological polar surface area (TPSA) is 63.6 Å². The molecule has 0 spiro atoms. The molecule has 4 nitrogen and oxygen atoms in total. The lowest BCUT2D eigenvalue weighted by Gasteiger charge is -2.72. The van der Waals surface area contributed by atoms with Crippen LogP contribution in [0.15, 0.2) is 11.1 Å². The molecule has 5 rings (SSSR count). The standard InChI is InChI=1S/C32H50O4/c1-19(2)26-22(35)17-32(18-33)16-15-30(7)21(27(26)32)9-10-24-29(6)13-12-25(36-20(3)34)28(4,5)23(29)11-14-31(24,30)8/h19,21,23-25,33H,9-18H2,1-8H3/t21?,23?,24-,25+,29+,30-,31-,32?/m1/s1. The molecule has 202 valence electrons. The Morgan fingerprint density at radius 2 is 1.64 bits per heavy atom. The highest BCUT2D eigenvalue weighted by molar-refractivity contribution is 6.00. The van der Waals surface area contributed by atoms with Gasteiger partial charge in [0.25, 0.3) is 0 Å². The first-order valence-corrected chi connectivity index (χ1v) is 14.7. The molecule has 0 amide bonds. The molecule has 0 heterocycles. The van der Waals surface area contributed by atoms with Crippen molar-refractivity contribution in [2.75, 3.05) is 6.61 Å². The molecule has 0 aromatic rings. The van der Waals surface area contributed by atoms with Gasteiger partial charge < -0.3 is 9.84 Å². The highest BCUT2D eigenvalue weighted by Crippen LogP contribution is 2.76. The molecule has 4 heteroatoms. The number of aliphatic hydroxyl groups is 1. The first-order chi connectivity index (χ1) is 16.7. The van der Waals surface area contributed by atoms with E-state index in [1.807, 2.05) is 0 Å². The van der Waals surface area contributed by atoms with Gasteiger partial charge in [0.15, 0.2) is 5.78 Å². The number of esters is 1. The van der Waals surface area contributed by atoms with Crippen LogP contribution >= 0.6 is 0 Å². The summed E-state index contributed by atoms with van der Waals surface area (Å²) in [6.45, 7) is 18.4. The molecule has 3 unspecified atom stereocenters. The Balaban J connectivity index is 1.55. The van der Waals surface area contributed by atoms with E-state index < -0.39 is 0 Å². The number of Topliss-reactive ketones (excluding diaryl/α,β-unsaturated/α-hetero) is 1. The van der Waals surface area contributed by atoms with Crippen molar-refractivity contribution >= 4 is 11.8 Å². The van der Waals surface area contributed by atoms with Crippen molar-refractivity contribution in [1.82, 2.24) is 0 Å². The van der Waals surface area contributed by atoms with Crippen molar-refractivity contribution in [2.24, 2.45) is 50.7 Å². The van der Waals surface area contributed by atoms with Crippen LogP contribution in [0, 0.1) is 50.7 Å². The fraction of sp³-hybridized carbons (Fsp3) is 0.875. The van der Waals surface area contributed by atoms with E-state index in [4.69, 9.17) is 4.74 Å². The zero-order valence-corrected chi connectivity index (χ0v) is 24.1. The summed E-state index contributed by atoms with van der Waals surface area (Å²) in [4.78, 5) is 25.2. The number of fused-ring (bicyclic) bond motifs is 7. The number of allylic oxidation sites excluding steroid dienone is 1. The van der Waals surface area contributed by atoms with Crippen molar-refractivity contribution in [3.8, 4) is 0 Å². The molecule has 5 aliphatic rings. The number of aliphatic hydroxyl groups excluding tert-OH is 1. The van der Waals surface area contributed by atoms with Crippen molar-refractivity contribution in [3.63, 3.8) is 0 Å². The lowest BCUT2D eigenvalue weighted by atomic mass is 9.33. The minimum absolute atomic E-state index is 0.00691. The third-order valence-electron chi connectivity index (χ3n) is 13.1. The van der Waals surface area contributed by atoms with Gasteiger partial charge in [0, 0.05) is 24.2 Å². The molecular formula is C32H50O4. The maximum absolute atomic E-state index is 13.3. The van der Waals surface area contributed by atoms with Crippen LogP contribution in [0.1, 0.15) is 113 Å². The third-order valence-corrected chi connectivity index (χ3v) is 13.1. The van der Waals surface area contributed by atoms with Crippen LogP contribution in [0.3, 0.4) is 0 Å². The lowest BCUT2D eigenvalue weighted by molar-refractivity contribution is -0.233. The Hall–Kier alpha value is -1.16. The summed E-state index contributed by atoms with van der Waals surface area (Å²) in [5.41, 5.74) is 2.66. The molecule has 0 aromatic carbocycles. The SMILES string of the molecule is CC(=O)O[C@H]1CC[C@@]2(C)C(CC[C@]3(C)[C@@H]2CCC2C4=C(C(C)C)C(=O)CC4(CO)CC[C@]23C)C1(C)C. The Morgan fingerprint density at radius 1 is 0.944 bits per heavy atom. The van der Waals surface area contributed by atoms with E-state index in [2.05, 4.69) is 48.5 Å². The van der Waals surface area contributed by atoms with E-state index in [9.17, 15) is 14.7 Å². The van der Waals surface area contributed by atoms with Gasteiger partial charge in [-0.3, -0.25) is 9.59 Å². The summed E-state index contributed by atoms with van der Waals surface area (Å²) < 4.78 is 5.88. The zero-order chi connectivity index (χ0) is 26.5. The first-order valence-electron chi connectivity index (χ1n) is 14.7. The van der Waals surface area contributed by atoms with Gasteiger partial charge in [-0.25, -0.2) is 0 Å². The van der Waals surface area contributed by atoms with Crippen LogP contribution in [0.4, 0.5) is 0 Å². The minimum Gasteiger partial charge on any atom is -0.462 e. The van der Waals surface area contributed by atoms with Crippen LogP contribution in [0.2, 0.25) is 0 Å². The van der Waals surface area contributed by atoms with E-state index >= 15 is 0 Å². The van der Waals surface area contributed by atoms with Gasteiger partial charge in [-0.15, -0.1) is 0 Å². The predicted molar refractivity (Wildman–Crippen MR) is 142 cm³/mol. The number of carbonyl (C=O) groups excluding carboxylic acids is 2.